The summed E-state index contributed by atoms with van der Waals surface area (Å²) in [5, 5.41) is 3.02. The van der Waals surface area contributed by atoms with E-state index >= 15 is 0 Å². The van der Waals surface area contributed by atoms with Crippen LogP contribution in [0.3, 0.4) is 0 Å². The van der Waals surface area contributed by atoms with Crippen molar-refractivity contribution in [2.45, 2.75) is 11.8 Å². The summed E-state index contributed by atoms with van der Waals surface area (Å²) in [5.74, 6) is -0.410. The molecule has 110 valence electrons. The minimum atomic E-state index is -3.36. The first-order chi connectivity index (χ1) is 9.77. The van der Waals surface area contributed by atoms with E-state index in [1.165, 1.54) is 18.2 Å². The van der Waals surface area contributed by atoms with E-state index in [1.54, 1.807) is 25.1 Å². The molecular formula is C14H13ClN2O3S. The lowest BCUT2D eigenvalue weighted by molar-refractivity contribution is 0.102. The van der Waals surface area contributed by atoms with Crippen molar-refractivity contribution in [2.24, 2.45) is 0 Å². The summed E-state index contributed by atoms with van der Waals surface area (Å²) in [7, 11) is -3.36. The Kier molecular flexibility index (Phi) is 4.29. The van der Waals surface area contributed by atoms with Crippen molar-refractivity contribution >= 4 is 33.0 Å². The normalized spacial score (nSPS) is 11.2. The quantitative estimate of drug-likeness (QED) is 0.881. The molecule has 0 saturated heterocycles. The van der Waals surface area contributed by atoms with Gasteiger partial charge in [-0.15, -0.1) is 0 Å². The molecule has 0 fully saturated rings. The minimum Gasteiger partial charge on any atom is -0.320 e. The second kappa shape index (κ2) is 5.83. The lowest BCUT2D eigenvalue weighted by Gasteiger charge is -2.08. The van der Waals surface area contributed by atoms with Gasteiger partial charge in [-0.3, -0.25) is 4.79 Å². The van der Waals surface area contributed by atoms with Gasteiger partial charge in [0, 0.05) is 11.8 Å². The van der Waals surface area contributed by atoms with Crippen molar-refractivity contribution < 1.29 is 13.2 Å². The summed E-state index contributed by atoms with van der Waals surface area (Å²) >= 11 is 5.75. The van der Waals surface area contributed by atoms with Crippen molar-refractivity contribution in [2.75, 3.05) is 11.6 Å². The predicted molar refractivity (Wildman–Crippen MR) is 81.5 cm³/mol. The lowest BCUT2D eigenvalue weighted by Crippen LogP contribution is -2.14. The third kappa shape index (κ3) is 3.80. The molecule has 1 heterocycles. The Morgan fingerprint density at radius 2 is 1.95 bits per heavy atom. The molecule has 21 heavy (non-hydrogen) atoms. The Morgan fingerprint density at radius 1 is 1.24 bits per heavy atom. The molecule has 0 aliphatic carbocycles. The maximum absolute atomic E-state index is 12.2. The number of anilines is 1. The van der Waals surface area contributed by atoms with E-state index in [-0.39, 0.29) is 10.5 Å². The molecule has 1 aromatic carbocycles. The number of sulfone groups is 1. The summed E-state index contributed by atoms with van der Waals surface area (Å²) in [4.78, 5) is 16.3. The van der Waals surface area contributed by atoms with Gasteiger partial charge >= 0.3 is 0 Å². The van der Waals surface area contributed by atoms with Crippen molar-refractivity contribution in [3.63, 3.8) is 0 Å². The number of nitrogens with one attached hydrogen (secondary N) is 1. The molecule has 2 rings (SSSR count). The van der Waals surface area contributed by atoms with Gasteiger partial charge in [0.25, 0.3) is 5.91 Å². The summed E-state index contributed by atoms with van der Waals surface area (Å²) < 4.78 is 23.0. The summed E-state index contributed by atoms with van der Waals surface area (Å²) in [5.41, 5.74) is 1.36. The molecule has 0 atom stereocenters. The number of hydrogen-bond acceptors (Lipinski definition) is 4. The van der Waals surface area contributed by atoms with Crippen LogP contribution in [0, 0.1) is 6.92 Å². The van der Waals surface area contributed by atoms with Crippen LogP contribution in [0.5, 0.6) is 0 Å². The minimum absolute atomic E-state index is 0.0982. The van der Waals surface area contributed by atoms with Crippen LogP contribution in [0.25, 0.3) is 0 Å². The van der Waals surface area contributed by atoms with Gasteiger partial charge in [-0.25, -0.2) is 13.4 Å². The van der Waals surface area contributed by atoms with Crippen LogP contribution >= 0.6 is 11.6 Å². The van der Waals surface area contributed by atoms with Crippen LogP contribution in [-0.4, -0.2) is 25.6 Å². The van der Waals surface area contributed by atoms with E-state index in [4.69, 9.17) is 11.6 Å². The Morgan fingerprint density at radius 3 is 2.57 bits per heavy atom. The van der Waals surface area contributed by atoms with E-state index in [0.29, 0.717) is 16.5 Å². The van der Waals surface area contributed by atoms with E-state index in [9.17, 15) is 13.2 Å². The third-order valence-corrected chi connectivity index (χ3v) is 4.15. The Bertz CT molecular complexity index is 804. The molecule has 0 spiro atoms. The number of aromatic nitrogens is 1. The Labute approximate surface area is 127 Å². The maximum atomic E-state index is 12.2. The number of aryl methyl sites for hydroxylation is 1. The predicted octanol–water partition coefficient (Wildman–Crippen LogP) is 2.70. The number of amides is 1. The van der Waals surface area contributed by atoms with Crippen LogP contribution < -0.4 is 5.32 Å². The molecule has 0 radical (unpaired) electrons. The number of hydrogen-bond donors (Lipinski definition) is 1. The topological polar surface area (TPSA) is 76.1 Å². The van der Waals surface area contributed by atoms with Crippen molar-refractivity contribution in [1.29, 1.82) is 0 Å². The highest BCUT2D eigenvalue weighted by molar-refractivity contribution is 7.90. The molecule has 0 unspecified atom stereocenters. The largest absolute Gasteiger partial charge is 0.320 e. The first kappa shape index (κ1) is 15.5. The first-order valence-corrected chi connectivity index (χ1v) is 8.29. The molecule has 5 nitrogen and oxygen atoms in total. The molecule has 1 N–H and O–H groups in total. The fourth-order valence-corrected chi connectivity index (χ4v) is 2.58. The molecule has 7 heteroatoms. The van der Waals surface area contributed by atoms with Crippen LogP contribution in [0.2, 0.25) is 5.15 Å². The fourth-order valence-electron chi connectivity index (χ4n) is 1.72. The average Bonchev–Trinajstić information content (AvgIpc) is 2.41. The van der Waals surface area contributed by atoms with Gasteiger partial charge in [0.1, 0.15) is 5.15 Å². The fraction of sp³-hybridized carbons (Fsp3) is 0.143. The van der Waals surface area contributed by atoms with Crippen LogP contribution in [0.4, 0.5) is 5.69 Å². The summed E-state index contributed by atoms with van der Waals surface area (Å²) in [6.07, 6.45) is 1.09. The highest BCUT2D eigenvalue weighted by Gasteiger charge is 2.12. The zero-order chi connectivity index (χ0) is 15.6. The van der Waals surface area contributed by atoms with E-state index in [2.05, 4.69) is 10.3 Å². The summed E-state index contributed by atoms with van der Waals surface area (Å²) in [6, 6.07) is 9.06. The van der Waals surface area contributed by atoms with Gasteiger partial charge in [-0.05, 0) is 37.3 Å². The number of carbonyl (C=O) groups excluding carboxylic acids is 1. The molecular weight excluding hydrogens is 312 g/mol. The van der Waals surface area contributed by atoms with Crippen molar-refractivity contribution in [3.05, 3.63) is 52.8 Å². The number of rotatable bonds is 3. The van der Waals surface area contributed by atoms with Crippen LogP contribution in [0.1, 0.15) is 16.1 Å². The van der Waals surface area contributed by atoms with Crippen molar-refractivity contribution in [1.82, 2.24) is 4.98 Å². The van der Waals surface area contributed by atoms with E-state index in [0.717, 1.165) is 6.26 Å². The highest BCUT2D eigenvalue weighted by Crippen LogP contribution is 2.18. The number of carbonyl (C=O) groups is 1. The van der Waals surface area contributed by atoms with E-state index in [1.807, 2.05) is 0 Å². The number of benzene rings is 1. The van der Waals surface area contributed by atoms with Gasteiger partial charge < -0.3 is 5.32 Å². The number of nitrogens with zero attached hydrogens (tertiary/aromatic N) is 1. The monoisotopic (exact) mass is 324 g/mol. The molecule has 0 aliphatic heterocycles. The molecule has 1 amide bonds. The van der Waals surface area contributed by atoms with Gasteiger partial charge in [-0.1, -0.05) is 17.7 Å². The third-order valence-electron chi connectivity index (χ3n) is 2.82. The molecule has 2 aromatic rings. The second-order valence-corrected chi connectivity index (χ2v) is 6.92. The second-order valence-electron chi connectivity index (χ2n) is 4.52. The maximum Gasteiger partial charge on any atom is 0.255 e. The smallest absolute Gasteiger partial charge is 0.255 e. The average molecular weight is 325 g/mol. The SMILES string of the molecule is Cc1nc(Cl)ccc1NC(=O)c1cccc(S(C)(=O)=O)c1. The first-order valence-electron chi connectivity index (χ1n) is 6.02. The Balaban J connectivity index is 2.29. The lowest BCUT2D eigenvalue weighted by atomic mass is 10.2. The number of pyridine rings is 1. The number of halogens is 1. The molecule has 1 aromatic heterocycles. The van der Waals surface area contributed by atoms with Gasteiger partial charge in [0.2, 0.25) is 0 Å². The Hall–Kier alpha value is -1.92. The zero-order valence-corrected chi connectivity index (χ0v) is 13.0. The van der Waals surface area contributed by atoms with Gasteiger partial charge in [0.15, 0.2) is 9.84 Å². The molecule has 0 bridgehead atoms. The molecule has 0 saturated carbocycles. The molecule has 0 aliphatic rings. The summed E-state index contributed by atoms with van der Waals surface area (Å²) in [6.45, 7) is 1.72. The van der Waals surface area contributed by atoms with Crippen LogP contribution in [-0.2, 0) is 9.84 Å². The van der Waals surface area contributed by atoms with Crippen LogP contribution in [0.15, 0.2) is 41.3 Å². The zero-order valence-electron chi connectivity index (χ0n) is 11.4. The van der Waals surface area contributed by atoms with Gasteiger partial charge in [0.05, 0.1) is 16.3 Å². The van der Waals surface area contributed by atoms with Gasteiger partial charge in [-0.2, -0.15) is 0 Å². The highest BCUT2D eigenvalue weighted by atomic mass is 35.5. The standard InChI is InChI=1S/C14H13ClN2O3S/c1-9-12(6-7-13(15)16-9)17-14(18)10-4-3-5-11(8-10)21(2,19)20/h3-8H,1-2H3,(H,17,18). The van der Waals surface area contributed by atoms with Crippen molar-refractivity contribution in [3.8, 4) is 0 Å². The van der Waals surface area contributed by atoms with E-state index < -0.39 is 15.7 Å².